The number of ketones is 1. The Balaban J connectivity index is 1.57. The number of hydrogen-bond acceptors (Lipinski definition) is 4. The van der Waals surface area contributed by atoms with Gasteiger partial charge in [-0.25, -0.2) is 0 Å². The van der Waals surface area contributed by atoms with Crippen molar-refractivity contribution in [1.29, 1.82) is 0 Å². The molecule has 0 unspecified atom stereocenters. The lowest BCUT2D eigenvalue weighted by atomic mass is 10.1. The zero-order valence-electron chi connectivity index (χ0n) is 15.7. The van der Waals surface area contributed by atoms with Crippen LogP contribution in [0.1, 0.15) is 39.5 Å². The van der Waals surface area contributed by atoms with Crippen LogP contribution in [0, 0.1) is 13.8 Å². The summed E-state index contributed by atoms with van der Waals surface area (Å²) in [6, 6.07) is 6.55. The minimum Gasteiger partial charge on any atom is -0.352 e. The average molecular weight is 374 g/mol. The van der Waals surface area contributed by atoms with Crippen LogP contribution in [0.2, 0.25) is 0 Å². The standard InChI is InChI=1S/C20H27N3O2S/c1-14-11-18(15(2)23(14)9-8-17-5-4-10-26-17)19(24)12-22(3)13-20(25)21-16-6-7-16/h4-5,10-11,16H,6-9,12-13H2,1-3H3,(H,21,25). The van der Waals surface area contributed by atoms with Crippen molar-refractivity contribution in [3.8, 4) is 0 Å². The van der Waals surface area contributed by atoms with Gasteiger partial charge in [0.05, 0.1) is 13.1 Å². The van der Waals surface area contributed by atoms with Crippen LogP contribution in [-0.4, -0.2) is 47.3 Å². The van der Waals surface area contributed by atoms with Crippen molar-refractivity contribution in [2.45, 2.75) is 45.7 Å². The van der Waals surface area contributed by atoms with Crippen LogP contribution in [0.4, 0.5) is 0 Å². The molecule has 0 spiro atoms. The Labute approximate surface area is 159 Å². The van der Waals surface area contributed by atoms with Gasteiger partial charge in [-0.2, -0.15) is 0 Å². The molecule has 2 aromatic heterocycles. The van der Waals surface area contributed by atoms with Gasteiger partial charge in [0.1, 0.15) is 0 Å². The van der Waals surface area contributed by atoms with Crippen LogP contribution >= 0.6 is 11.3 Å². The highest BCUT2D eigenvalue weighted by atomic mass is 32.1. The highest BCUT2D eigenvalue weighted by Gasteiger charge is 2.24. The normalized spacial score (nSPS) is 14.0. The van der Waals surface area contributed by atoms with Gasteiger partial charge in [0.25, 0.3) is 0 Å². The van der Waals surface area contributed by atoms with E-state index < -0.39 is 0 Å². The molecule has 0 saturated heterocycles. The molecule has 0 bridgehead atoms. The molecule has 3 rings (SSSR count). The van der Waals surface area contributed by atoms with Crippen molar-refractivity contribution < 1.29 is 9.59 Å². The van der Waals surface area contributed by atoms with E-state index in [-0.39, 0.29) is 24.8 Å². The third kappa shape index (κ3) is 4.83. The fraction of sp³-hybridized carbons (Fsp3) is 0.500. The van der Waals surface area contributed by atoms with Gasteiger partial charge < -0.3 is 9.88 Å². The lowest BCUT2D eigenvalue weighted by Crippen LogP contribution is -2.38. The summed E-state index contributed by atoms with van der Waals surface area (Å²) >= 11 is 1.76. The molecule has 0 radical (unpaired) electrons. The number of rotatable bonds is 9. The number of nitrogens with one attached hydrogen (secondary N) is 1. The van der Waals surface area contributed by atoms with Gasteiger partial charge in [-0.15, -0.1) is 11.3 Å². The Morgan fingerprint density at radius 2 is 2.08 bits per heavy atom. The molecule has 1 amide bonds. The van der Waals surface area contributed by atoms with Crippen molar-refractivity contribution >= 4 is 23.0 Å². The van der Waals surface area contributed by atoms with Gasteiger partial charge in [-0.1, -0.05) is 6.07 Å². The minimum absolute atomic E-state index is 0.00391. The van der Waals surface area contributed by atoms with Gasteiger partial charge in [0, 0.05) is 34.4 Å². The van der Waals surface area contributed by atoms with Crippen molar-refractivity contribution in [1.82, 2.24) is 14.8 Å². The Bertz CT molecular complexity index is 775. The van der Waals surface area contributed by atoms with E-state index in [9.17, 15) is 9.59 Å². The Hall–Kier alpha value is -1.92. The van der Waals surface area contributed by atoms with Crippen LogP contribution in [0.25, 0.3) is 0 Å². The number of amides is 1. The SMILES string of the molecule is Cc1cc(C(=O)CN(C)CC(=O)NC2CC2)c(C)n1CCc1cccs1. The smallest absolute Gasteiger partial charge is 0.234 e. The first-order valence-electron chi connectivity index (χ1n) is 9.14. The van der Waals surface area contributed by atoms with Crippen molar-refractivity contribution in [2.75, 3.05) is 20.1 Å². The van der Waals surface area contributed by atoms with Gasteiger partial charge in [0.15, 0.2) is 5.78 Å². The van der Waals surface area contributed by atoms with Gasteiger partial charge in [-0.05, 0) is 57.7 Å². The molecule has 1 fully saturated rings. The molecule has 1 aliphatic rings. The summed E-state index contributed by atoms with van der Waals surface area (Å²) < 4.78 is 2.22. The van der Waals surface area contributed by atoms with Crippen LogP contribution in [-0.2, 0) is 17.8 Å². The second-order valence-electron chi connectivity index (χ2n) is 7.20. The van der Waals surface area contributed by atoms with E-state index in [4.69, 9.17) is 0 Å². The summed E-state index contributed by atoms with van der Waals surface area (Å²) in [6.07, 6.45) is 3.13. The molecular formula is C20H27N3O2S. The number of aryl methyl sites for hydroxylation is 2. The Morgan fingerprint density at radius 3 is 2.73 bits per heavy atom. The van der Waals surface area contributed by atoms with Crippen molar-refractivity contribution in [2.24, 2.45) is 0 Å². The Morgan fingerprint density at radius 1 is 1.31 bits per heavy atom. The topological polar surface area (TPSA) is 54.3 Å². The monoisotopic (exact) mass is 373 g/mol. The zero-order chi connectivity index (χ0) is 18.7. The predicted octanol–water partition coefficient (Wildman–Crippen LogP) is 2.80. The van der Waals surface area contributed by atoms with Crippen LogP contribution in [0.3, 0.4) is 0 Å². The van der Waals surface area contributed by atoms with Crippen LogP contribution < -0.4 is 5.32 Å². The number of likely N-dealkylation sites (N-methyl/N-ethyl adjacent to an activating group) is 1. The molecule has 5 nitrogen and oxygen atoms in total. The van der Waals surface area contributed by atoms with E-state index in [1.165, 1.54) is 4.88 Å². The number of nitrogens with zero attached hydrogens (tertiary/aromatic N) is 2. The summed E-state index contributed by atoms with van der Waals surface area (Å²) in [5.74, 6) is 0.0754. The second kappa shape index (κ2) is 8.18. The molecule has 26 heavy (non-hydrogen) atoms. The number of Topliss-reactive ketones (excluding diaryl/α,β-unsaturated/α-hetero) is 1. The first-order chi connectivity index (χ1) is 12.4. The molecule has 0 aromatic carbocycles. The first kappa shape index (κ1) is 18.9. The minimum atomic E-state index is 0.00391. The maximum Gasteiger partial charge on any atom is 0.234 e. The van der Waals surface area contributed by atoms with Crippen LogP contribution in [0.5, 0.6) is 0 Å². The average Bonchev–Trinajstić information content (AvgIpc) is 3.13. The van der Waals surface area contributed by atoms with E-state index in [0.717, 1.165) is 42.8 Å². The number of aromatic nitrogens is 1. The molecule has 2 aromatic rings. The van der Waals surface area contributed by atoms with E-state index in [0.29, 0.717) is 6.04 Å². The first-order valence-corrected chi connectivity index (χ1v) is 10.0. The quantitative estimate of drug-likeness (QED) is 0.688. The number of hydrogen-bond donors (Lipinski definition) is 1. The lowest BCUT2D eigenvalue weighted by molar-refractivity contribution is -0.121. The van der Waals surface area contributed by atoms with E-state index in [1.807, 2.05) is 27.0 Å². The summed E-state index contributed by atoms with van der Waals surface area (Å²) in [7, 11) is 1.82. The van der Waals surface area contributed by atoms with Crippen molar-refractivity contribution in [3.63, 3.8) is 0 Å². The molecule has 6 heteroatoms. The second-order valence-corrected chi connectivity index (χ2v) is 8.24. The van der Waals surface area contributed by atoms with Gasteiger partial charge in [0.2, 0.25) is 5.91 Å². The fourth-order valence-electron chi connectivity index (χ4n) is 3.24. The van der Waals surface area contributed by atoms with Crippen LogP contribution in [0.15, 0.2) is 23.6 Å². The lowest BCUT2D eigenvalue weighted by Gasteiger charge is -2.15. The maximum absolute atomic E-state index is 12.7. The summed E-state index contributed by atoms with van der Waals surface area (Å²) in [6.45, 7) is 5.46. The van der Waals surface area contributed by atoms with E-state index in [2.05, 4.69) is 27.4 Å². The van der Waals surface area contributed by atoms with Gasteiger partial charge >= 0.3 is 0 Å². The zero-order valence-corrected chi connectivity index (χ0v) is 16.6. The fourth-order valence-corrected chi connectivity index (χ4v) is 3.93. The molecular weight excluding hydrogens is 346 g/mol. The molecule has 0 atom stereocenters. The molecule has 140 valence electrons. The molecule has 0 aliphatic heterocycles. The molecule has 1 N–H and O–H groups in total. The Kier molecular flexibility index (Phi) is 5.94. The summed E-state index contributed by atoms with van der Waals surface area (Å²) in [4.78, 5) is 27.7. The van der Waals surface area contributed by atoms with E-state index >= 15 is 0 Å². The number of carbonyl (C=O) groups excluding carboxylic acids is 2. The van der Waals surface area contributed by atoms with Gasteiger partial charge in [-0.3, -0.25) is 14.5 Å². The number of carbonyl (C=O) groups is 2. The maximum atomic E-state index is 12.7. The third-order valence-electron chi connectivity index (χ3n) is 4.81. The summed E-state index contributed by atoms with van der Waals surface area (Å²) in [5.41, 5.74) is 2.89. The molecule has 2 heterocycles. The highest BCUT2D eigenvalue weighted by molar-refractivity contribution is 7.09. The van der Waals surface area contributed by atoms with E-state index in [1.54, 1.807) is 16.2 Å². The molecule has 1 saturated carbocycles. The third-order valence-corrected chi connectivity index (χ3v) is 5.74. The van der Waals surface area contributed by atoms with Crippen molar-refractivity contribution in [3.05, 3.63) is 45.4 Å². The summed E-state index contributed by atoms with van der Waals surface area (Å²) in [5, 5.41) is 5.05. The molecule has 1 aliphatic carbocycles. The highest BCUT2D eigenvalue weighted by Crippen LogP contribution is 2.19. The number of thiophene rings is 1. The largest absolute Gasteiger partial charge is 0.352 e. The predicted molar refractivity (Wildman–Crippen MR) is 105 cm³/mol.